The number of aryl methyl sites for hydroxylation is 1. The zero-order valence-corrected chi connectivity index (χ0v) is 17.3. The molecule has 3 aromatic rings. The van der Waals surface area contributed by atoms with Crippen molar-refractivity contribution in [3.63, 3.8) is 0 Å². The summed E-state index contributed by atoms with van der Waals surface area (Å²) in [5.41, 5.74) is 3.32. The minimum Gasteiger partial charge on any atom is -0.337 e. The van der Waals surface area contributed by atoms with Gasteiger partial charge in [0.1, 0.15) is 5.15 Å². The predicted octanol–water partition coefficient (Wildman–Crippen LogP) is 4.18. The SMILES string of the molecule is Cc1nn(-c2ccccc2)c(Cl)c1C(=O)N1CCCN(Cc2ccccc2)CC1. The van der Waals surface area contributed by atoms with Gasteiger partial charge in [-0.15, -0.1) is 0 Å². The third kappa shape index (κ3) is 4.36. The molecule has 1 aliphatic rings. The summed E-state index contributed by atoms with van der Waals surface area (Å²) in [5.74, 6) is -0.0313. The van der Waals surface area contributed by atoms with Crippen molar-refractivity contribution in [2.24, 2.45) is 0 Å². The Bertz CT molecular complexity index is 971. The Morgan fingerprint density at radius 2 is 1.66 bits per heavy atom. The molecule has 0 saturated carbocycles. The molecule has 0 unspecified atom stereocenters. The maximum absolute atomic E-state index is 13.3. The number of nitrogens with zero attached hydrogens (tertiary/aromatic N) is 4. The molecule has 0 atom stereocenters. The van der Waals surface area contributed by atoms with Crippen LogP contribution in [0.25, 0.3) is 5.69 Å². The first kappa shape index (κ1) is 19.7. The molecule has 1 amide bonds. The van der Waals surface area contributed by atoms with Crippen LogP contribution in [0.2, 0.25) is 5.15 Å². The molecule has 1 aliphatic heterocycles. The van der Waals surface area contributed by atoms with E-state index in [0.717, 1.165) is 38.3 Å². The van der Waals surface area contributed by atoms with Crippen LogP contribution in [-0.4, -0.2) is 51.7 Å². The quantitative estimate of drug-likeness (QED) is 0.650. The van der Waals surface area contributed by atoms with Crippen LogP contribution in [0.15, 0.2) is 60.7 Å². The maximum atomic E-state index is 13.3. The smallest absolute Gasteiger partial charge is 0.258 e. The molecule has 29 heavy (non-hydrogen) atoms. The van der Waals surface area contributed by atoms with Gasteiger partial charge in [-0.2, -0.15) is 5.10 Å². The van der Waals surface area contributed by atoms with Crippen molar-refractivity contribution in [1.82, 2.24) is 19.6 Å². The van der Waals surface area contributed by atoms with Gasteiger partial charge in [0.2, 0.25) is 0 Å². The first-order valence-corrected chi connectivity index (χ1v) is 10.4. The highest BCUT2D eigenvalue weighted by atomic mass is 35.5. The van der Waals surface area contributed by atoms with E-state index in [9.17, 15) is 4.79 Å². The molecule has 5 nitrogen and oxygen atoms in total. The van der Waals surface area contributed by atoms with Gasteiger partial charge < -0.3 is 4.90 Å². The monoisotopic (exact) mass is 408 g/mol. The van der Waals surface area contributed by atoms with Crippen molar-refractivity contribution < 1.29 is 4.79 Å². The van der Waals surface area contributed by atoms with Crippen molar-refractivity contribution >= 4 is 17.5 Å². The van der Waals surface area contributed by atoms with Crippen LogP contribution in [0.3, 0.4) is 0 Å². The molecular formula is C23H25ClN4O. The normalized spacial score (nSPS) is 15.3. The van der Waals surface area contributed by atoms with Gasteiger partial charge in [0.15, 0.2) is 0 Å². The molecule has 2 aromatic carbocycles. The lowest BCUT2D eigenvalue weighted by molar-refractivity contribution is 0.0760. The highest BCUT2D eigenvalue weighted by Crippen LogP contribution is 2.25. The average molecular weight is 409 g/mol. The van der Waals surface area contributed by atoms with E-state index in [1.165, 1.54) is 5.56 Å². The third-order valence-corrected chi connectivity index (χ3v) is 5.69. The van der Waals surface area contributed by atoms with E-state index in [1.807, 2.05) is 48.2 Å². The molecule has 150 valence electrons. The molecule has 0 spiro atoms. The summed E-state index contributed by atoms with van der Waals surface area (Å²) in [4.78, 5) is 17.6. The molecule has 6 heteroatoms. The summed E-state index contributed by atoms with van der Waals surface area (Å²) in [6.07, 6.45) is 0.946. The lowest BCUT2D eigenvalue weighted by Crippen LogP contribution is -2.35. The average Bonchev–Trinajstić information content (AvgIpc) is 2.90. The van der Waals surface area contributed by atoms with Crippen LogP contribution < -0.4 is 0 Å². The summed E-state index contributed by atoms with van der Waals surface area (Å²) in [7, 11) is 0. The van der Waals surface area contributed by atoms with Gasteiger partial charge in [0.05, 0.1) is 16.9 Å². The molecule has 0 radical (unpaired) electrons. The molecule has 1 aromatic heterocycles. The first-order valence-electron chi connectivity index (χ1n) is 9.99. The Hall–Kier alpha value is -2.63. The van der Waals surface area contributed by atoms with E-state index in [-0.39, 0.29) is 5.91 Å². The van der Waals surface area contributed by atoms with E-state index in [4.69, 9.17) is 11.6 Å². The number of halogens is 1. The van der Waals surface area contributed by atoms with E-state index < -0.39 is 0 Å². The van der Waals surface area contributed by atoms with Gasteiger partial charge >= 0.3 is 0 Å². The second-order valence-corrected chi connectivity index (χ2v) is 7.76. The van der Waals surface area contributed by atoms with Crippen LogP contribution in [0, 0.1) is 6.92 Å². The highest BCUT2D eigenvalue weighted by Gasteiger charge is 2.27. The fraction of sp³-hybridized carbons (Fsp3) is 0.304. The Morgan fingerprint density at radius 3 is 2.38 bits per heavy atom. The number of para-hydroxylation sites is 1. The fourth-order valence-corrected chi connectivity index (χ4v) is 4.17. The number of hydrogen-bond acceptors (Lipinski definition) is 3. The topological polar surface area (TPSA) is 41.4 Å². The van der Waals surface area contributed by atoms with Crippen molar-refractivity contribution in [3.05, 3.63) is 82.6 Å². The van der Waals surface area contributed by atoms with Crippen LogP contribution in [-0.2, 0) is 6.54 Å². The van der Waals surface area contributed by atoms with Gasteiger partial charge in [-0.3, -0.25) is 9.69 Å². The molecule has 0 N–H and O–H groups in total. The van der Waals surface area contributed by atoms with Crippen molar-refractivity contribution in [3.8, 4) is 5.69 Å². The maximum Gasteiger partial charge on any atom is 0.258 e. The number of benzene rings is 2. The summed E-state index contributed by atoms with van der Waals surface area (Å²) < 4.78 is 1.64. The fourth-order valence-electron chi connectivity index (χ4n) is 3.81. The Balaban J connectivity index is 1.48. The van der Waals surface area contributed by atoms with Crippen molar-refractivity contribution in [2.45, 2.75) is 19.9 Å². The summed E-state index contributed by atoms with van der Waals surface area (Å²) in [6, 6.07) is 20.1. The molecular weight excluding hydrogens is 384 g/mol. The van der Waals surface area contributed by atoms with Gasteiger partial charge in [-0.05, 0) is 31.0 Å². The van der Waals surface area contributed by atoms with Gasteiger partial charge in [-0.1, -0.05) is 60.1 Å². The standard InChI is InChI=1S/C23H25ClN4O/c1-18-21(22(24)28(25-18)20-11-6-3-7-12-20)23(29)27-14-8-13-26(15-16-27)17-19-9-4-2-5-10-19/h2-7,9-12H,8,13-17H2,1H3. The largest absolute Gasteiger partial charge is 0.337 e. The van der Waals surface area contributed by atoms with Gasteiger partial charge in [0, 0.05) is 32.7 Å². The van der Waals surface area contributed by atoms with E-state index >= 15 is 0 Å². The minimum absolute atomic E-state index is 0.0313. The van der Waals surface area contributed by atoms with Gasteiger partial charge in [0.25, 0.3) is 5.91 Å². The zero-order chi connectivity index (χ0) is 20.2. The van der Waals surface area contributed by atoms with Crippen LogP contribution in [0.4, 0.5) is 0 Å². The summed E-state index contributed by atoms with van der Waals surface area (Å²) in [5, 5.41) is 4.90. The number of amides is 1. The lowest BCUT2D eigenvalue weighted by atomic mass is 10.2. The third-order valence-electron chi connectivity index (χ3n) is 5.34. The van der Waals surface area contributed by atoms with Crippen molar-refractivity contribution in [1.29, 1.82) is 0 Å². The minimum atomic E-state index is -0.0313. The molecule has 0 aliphatic carbocycles. The van der Waals surface area contributed by atoms with Crippen LogP contribution in [0.1, 0.15) is 28.0 Å². The second-order valence-electron chi connectivity index (χ2n) is 7.41. The highest BCUT2D eigenvalue weighted by molar-refractivity contribution is 6.33. The molecule has 1 fully saturated rings. The molecule has 1 saturated heterocycles. The Kier molecular flexibility index (Phi) is 5.97. The van der Waals surface area contributed by atoms with E-state index in [1.54, 1.807) is 4.68 Å². The van der Waals surface area contributed by atoms with E-state index in [0.29, 0.717) is 23.0 Å². The van der Waals surface area contributed by atoms with Crippen molar-refractivity contribution in [2.75, 3.05) is 26.2 Å². The van der Waals surface area contributed by atoms with Crippen LogP contribution >= 0.6 is 11.6 Å². The lowest BCUT2D eigenvalue weighted by Gasteiger charge is -2.22. The van der Waals surface area contributed by atoms with E-state index in [2.05, 4.69) is 34.3 Å². The molecule has 0 bridgehead atoms. The van der Waals surface area contributed by atoms with Crippen LogP contribution in [0.5, 0.6) is 0 Å². The number of carbonyl (C=O) groups is 1. The summed E-state index contributed by atoms with van der Waals surface area (Å²) >= 11 is 6.60. The number of aromatic nitrogens is 2. The number of hydrogen-bond donors (Lipinski definition) is 0. The Morgan fingerprint density at radius 1 is 0.966 bits per heavy atom. The second kappa shape index (κ2) is 8.80. The molecule has 2 heterocycles. The predicted molar refractivity (Wildman–Crippen MR) is 116 cm³/mol. The number of rotatable bonds is 4. The molecule has 4 rings (SSSR count). The Labute approximate surface area is 176 Å². The number of carbonyl (C=O) groups excluding carboxylic acids is 1. The summed E-state index contributed by atoms with van der Waals surface area (Å²) in [6.45, 7) is 6.01. The van der Waals surface area contributed by atoms with Gasteiger partial charge in [-0.25, -0.2) is 4.68 Å². The zero-order valence-electron chi connectivity index (χ0n) is 16.6. The first-order chi connectivity index (χ1) is 14.1.